The number of rotatable bonds is 8. The Kier molecular flexibility index (Phi) is 6.29. The maximum atomic E-state index is 15.2. The molecule has 0 unspecified atom stereocenters. The van der Waals surface area contributed by atoms with Crippen LogP contribution in [0.25, 0.3) is 11.0 Å². The number of aryl methyl sites for hydroxylation is 1. The molecule has 0 saturated carbocycles. The number of carbonyl (C=O) groups is 1. The van der Waals surface area contributed by atoms with Crippen LogP contribution in [0.3, 0.4) is 0 Å². The van der Waals surface area contributed by atoms with Gasteiger partial charge in [-0.1, -0.05) is 24.6 Å². The second kappa shape index (κ2) is 9.18. The highest BCUT2D eigenvalue weighted by atomic mass is 32.2. The van der Waals surface area contributed by atoms with Gasteiger partial charge in [-0.3, -0.25) is 9.52 Å². The SMILES string of the molecule is CCCS(=O)(=O)Nc1ccc(F)c(C(=O)c2c[nH]c3ncnc(Nc4ccc(C)cc4)c23)c1F. The number of benzene rings is 2. The lowest BCUT2D eigenvalue weighted by Crippen LogP contribution is -2.18. The van der Waals surface area contributed by atoms with Crippen molar-refractivity contribution in [3.63, 3.8) is 0 Å². The summed E-state index contributed by atoms with van der Waals surface area (Å²) in [4.78, 5) is 24.4. The van der Waals surface area contributed by atoms with E-state index in [1.165, 1.54) is 12.5 Å². The summed E-state index contributed by atoms with van der Waals surface area (Å²) in [5.74, 6) is -3.40. The lowest BCUT2D eigenvalue weighted by Gasteiger charge is -2.12. The molecule has 0 saturated heterocycles. The smallest absolute Gasteiger partial charge is 0.232 e. The molecule has 3 N–H and O–H groups in total. The van der Waals surface area contributed by atoms with E-state index in [1.54, 1.807) is 6.92 Å². The normalized spacial score (nSPS) is 11.5. The zero-order valence-electron chi connectivity index (χ0n) is 18.3. The molecule has 0 bridgehead atoms. The van der Waals surface area contributed by atoms with Crippen LogP contribution in [0.1, 0.15) is 34.8 Å². The van der Waals surface area contributed by atoms with Gasteiger partial charge in [0.1, 0.15) is 23.6 Å². The predicted octanol–water partition coefficient (Wildman–Crippen LogP) is 4.67. The lowest BCUT2D eigenvalue weighted by molar-refractivity contribution is 0.103. The topological polar surface area (TPSA) is 117 Å². The number of ketones is 1. The summed E-state index contributed by atoms with van der Waals surface area (Å²) in [6, 6.07) is 9.21. The standard InChI is InChI=1S/C23H21F2N5O3S/c1-3-10-34(32,33)30-17-9-8-16(24)19(20(17)25)21(31)15-11-26-22-18(15)23(28-12-27-22)29-14-6-4-13(2)5-7-14/h4-9,11-12,30H,3,10H2,1-2H3,(H2,26,27,28,29). The zero-order chi connectivity index (χ0) is 24.5. The molecule has 2 heterocycles. The Bertz CT molecular complexity index is 1480. The molecule has 4 aromatic rings. The number of hydrogen-bond donors (Lipinski definition) is 3. The van der Waals surface area contributed by atoms with Crippen LogP contribution in [0, 0.1) is 18.6 Å². The van der Waals surface area contributed by atoms with E-state index in [2.05, 4.69) is 25.0 Å². The molecule has 34 heavy (non-hydrogen) atoms. The van der Waals surface area contributed by atoms with Crippen molar-refractivity contribution >= 4 is 44.0 Å². The highest BCUT2D eigenvalue weighted by Crippen LogP contribution is 2.31. The Morgan fingerprint density at radius 1 is 1.09 bits per heavy atom. The maximum Gasteiger partial charge on any atom is 0.232 e. The summed E-state index contributed by atoms with van der Waals surface area (Å²) in [5, 5.41) is 3.33. The third kappa shape index (κ3) is 4.60. The Morgan fingerprint density at radius 2 is 1.82 bits per heavy atom. The monoisotopic (exact) mass is 485 g/mol. The number of fused-ring (bicyclic) bond motifs is 1. The average Bonchev–Trinajstić information content (AvgIpc) is 3.22. The molecule has 2 aromatic heterocycles. The molecule has 0 fully saturated rings. The van der Waals surface area contributed by atoms with Gasteiger partial charge in [0.15, 0.2) is 5.82 Å². The van der Waals surface area contributed by atoms with Crippen LogP contribution in [0.4, 0.5) is 26.0 Å². The molecular weight excluding hydrogens is 464 g/mol. The van der Waals surface area contributed by atoms with Crippen LogP contribution in [0.2, 0.25) is 0 Å². The molecule has 0 spiro atoms. The van der Waals surface area contributed by atoms with Gasteiger partial charge in [-0.2, -0.15) is 0 Å². The number of aromatic amines is 1. The van der Waals surface area contributed by atoms with Crippen LogP contribution in [0.5, 0.6) is 0 Å². The molecule has 0 amide bonds. The largest absolute Gasteiger partial charge is 0.345 e. The molecule has 176 valence electrons. The number of nitrogens with zero attached hydrogens (tertiary/aromatic N) is 2. The van der Waals surface area contributed by atoms with Crippen LogP contribution >= 0.6 is 0 Å². The van der Waals surface area contributed by atoms with Gasteiger partial charge >= 0.3 is 0 Å². The van der Waals surface area contributed by atoms with Crippen LogP contribution in [-0.4, -0.2) is 34.9 Å². The fourth-order valence-corrected chi connectivity index (χ4v) is 4.60. The second-order valence-corrected chi connectivity index (χ2v) is 9.52. The van der Waals surface area contributed by atoms with Gasteiger partial charge < -0.3 is 10.3 Å². The Hall–Kier alpha value is -3.86. The van der Waals surface area contributed by atoms with Crippen molar-refractivity contribution in [2.45, 2.75) is 20.3 Å². The van der Waals surface area contributed by atoms with E-state index < -0.39 is 38.7 Å². The zero-order valence-corrected chi connectivity index (χ0v) is 19.1. The number of nitrogens with one attached hydrogen (secondary N) is 3. The van der Waals surface area contributed by atoms with Gasteiger partial charge in [-0.15, -0.1) is 0 Å². The Labute approximate surface area is 194 Å². The number of sulfonamides is 1. The fraction of sp³-hybridized carbons (Fsp3) is 0.174. The molecule has 0 aliphatic heterocycles. The second-order valence-electron chi connectivity index (χ2n) is 7.67. The Balaban J connectivity index is 1.78. The molecule has 0 aliphatic rings. The van der Waals surface area contributed by atoms with E-state index in [0.717, 1.165) is 17.7 Å². The minimum absolute atomic E-state index is 0.0726. The third-order valence-electron chi connectivity index (χ3n) is 5.09. The number of hydrogen-bond acceptors (Lipinski definition) is 6. The number of anilines is 3. The van der Waals surface area contributed by atoms with Crippen molar-refractivity contribution in [3.8, 4) is 0 Å². The molecular formula is C23H21F2N5O3S. The summed E-state index contributed by atoms with van der Waals surface area (Å²) in [5.41, 5.74) is 0.561. The minimum Gasteiger partial charge on any atom is -0.345 e. The Morgan fingerprint density at radius 3 is 2.53 bits per heavy atom. The van der Waals surface area contributed by atoms with Gasteiger partial charge in [0.2, 0.25) is 15.8 Å². The summed E-state index contributed by atoms with van der Waals surface area (Å²) in [7, 11) is -3.86. The molecule has 4 rings (SSSR count). The first-order valence-corrected chi connectivity index (χ1v) is 12.0. The first-order valence-electron chi connectivity index (χ1n) is 10.4. The van der Waals surface area contributed by atoms with Crippen molar-refractivity contribution in [3.05, 3.63) is 77.2 Å². The predicted molar refractivity (Wildman–Crippen MR) is 126 cm³/mol. The summed E-state index contributed by atoms with van der Waals surface area (Å²) >= 11 is 0. The van der Waals surface area contributed by atoms with Crippen molar-refractivity contribution < 1.29 is 22.0 Å². The fourth-order valence-electron chi connectivity index (χ4n) is 3.47. The van der Waals surface area contributed by atoms with E-state index in [-0.39, 0.29) is 28.2 Å². The highest BCUT2D eigenvalue weighted by Gasteiger charge is 2.27. The maximum absolute atomic E-state index is 15.2. The lowest BCUT2D eigenvalue weighted by atomic mass is 10.0. The summed E-state index contributed by atoms with van der Waals surface area (Å²) < 4.78 is 56.1. The van der Waals surface area contributed by atoms with Crippen molar-refractivity contribution in [2.75, 3.05) is 15.8 Å². The quantitative estimate of drug-likeness (QED) is 0.312. The average molecular weight is 486 g/mol. The molecule has 0 atom stereocenters. The van der Waals surface area contributed by atoms with Crippen molar-refractivity contribution in [1.82, 2.24) is 15.0 Å². The van der Waals surface area contributed by atoms with E-state index in [9.17, 15) is 17.6 Å². The van der Waals surface area contributed by atoms with E-state index >= 15 is 4.39 Å². The first-order chi connectivity index (χ1) is 16.2. The van der Waals surface area contributed by atoms with Crippen molar-refractivity contribution in [2.24, 2.45) is 0 Å². The summed E-state index contributed by atoms with van der Waals surface area (Å²) in [6.07, 6.45) is 2.87. The van der Waals surface area contributed by atoms with Gasteiger partial charge in [-0.25, -0.2) is 27.2 Å². The molecule has 11 heteroatoms. The molecule has 2 aromatic carbocycles. The number of H-pyrrole nitrogens is 1. The number of halogens is 2. The van der Waals surface area contributed by atoms with E-state index in [1.807, 2.05) is 31.2 Å². The van der Waals surface area contributed by atoms with Gasteiger partial charge in [-0.05, 0) is 37.6 Å². The van der Waals surface area contributed by atoms with Crippen LogP contribution < -0.4 is 10.0 Å². The molecule has 0 radical (unpaired) electrons. The number of carbonyl (C=O) groups excluding carboxylic acids is 1. The number of aromatic nitrogens is 3. The summed E-state index contributed by atoms with van der Waals surface area (Å²) in [6.45, 7) is 3.59. The van der Waals surface area contributed by atoms with Gasteiger partial charge in [0.05, 0.1) is 28.0 Å². The molecule has 0 aliphatic carbocycles. The highest BCUT2D eigenvalue weighted by molar-refractivity contribution is 7.92. The first kappa shape index (κ1) is 23.3. The van der Waals surface area contributed by atoms with Crippen LogP contribution in [0.15, 0.2) is 48.9 Å². The van der Waals surface area contributed by atoms with Crippen molar-refractivity contribution in [1.29, 1.82) is 0 Å². The van der Waals surface area contributed by atoms with Gasteiger partial charge in [0, 0.05) is 11.9 Å². The minimum atomic E-state index is -3.86. The third-order valence-corrected chi connectivity index (χ3v) is 6.56. The van der Waals surface area contributed by atoms with Gasteiger partial charge in [0.25, 0.3) is 0 Å². The van der Waals surface area contributed by atoms with E-state index in [4.69, 9.17) is 0 Å². The van der Waals surface area contributed by atoms with E-state index in [0.29, 0.717) is 12.1 Å². The van der Waals surface area contributed by atoms with Crippen LogP contribution in [-0.2, 0) is 10.0 Å². The molecule has 8 nitrogen and oxygen atoms in total.